The van der Waals surface area contributed by atoms with Crippen molar-refractivity contribution in [2.75, 3.05) is 0 Å². The van der Waals surface area contributed by atoms with Crippen LogP contribution >= 0.6 is 0 Å². The van der Waals surface area contributed by atoms with Crippen LogP contribution in [0.15, 0.2) is 28.4 Å². The Morgan fingerprint density at radius 2 is 2.25 bits per heavy atom. The second kappa shape index (κ2) is 5.06. The Bertz CT molecular complexity index is 514. The minimum atomic E-state index is -0.977. The number of H-pyrrole nitrogens is 1. The van der Waals surface area contributed by atoms with Gasteiger partial charge in [-0.1, -0.05) is 6.08 Å². The molecule has 16 heavy (non-hydrogen) atoms. The average Bonchev–Trinajstić information content (AvgIpc) is 2.21. The first-order valence-corrected chi connectivity index (χ1v) is 4.65. The number of nitro groups is 1. The molecule has 0 spiro atoms. The van der Waals surface area contributed by atoms with Gasteiger partial charge in [0, 0.05) is 6.54 Å². The van der Waals surface area contributed by atoms with Gasteiger partial charge in [-0.25, -0.2) is 4.79 Å². The number of nitrogens with zero attached hydrogens (tertiary/aromatic N) is 2. The quantitative estimate of drug-likeness (QED) is 0.339. The fourth-order valence-corrected chi connectivity index (χ4v) is 1.20. The molecule has 1 heterocycles. The summed E-state index contributed by atoms with van der Waals surface area (Å²) in [5, 5.41) is 10.5. The molecule has 0 amide bonds. The smallest absolute Gasteiger partial charge is 0.294 e. The van der Waals surface area contributed by atoms with E-state index in [-0.39, 0.29) is 0 Å². The van der Waals surface area contributed by atoms with Crippen molar-refractivity contribution < 1.29 is 4.92 Å². The standard InChI is InChI=1S/C9H11N3O4/c1-2-3-4-5-11-6-7(12(15)16)8(13)10-9(11)14/h2,6H,1,3-5H2,(H,10,13,14). The zero-order chi connectivity index (χ0) is 12.1. The van der Waals surface area contributed by atoms with Crippen molar-refractivity contribution in [2.24, 2.45) is 0 Å². The summed E-state index contributed by atoms with van der Waals surface area (Å²) in [5.74, 6) is 0. The minimum Gasteiger partial charge on any atom is -0.294 e. The molecule has 0 unspecified atom stereocenters. The molecule has 7 heteroatoms. The highest BCUT2D eigenvalue weighted by Crippen LogP contribution is 2.00. The van der Waals surface area contributed by atoms with Crippen molar-refractivity contribution in [3.8, 4) is 0 Å². The molecule has 0 radical (unpaired) electrons. The van der Waals surface area contributed by atoms with E-state index in [1.165, 1.54) is 0 Å². The lowest BCUT2D eigenvalue weighted by Crippen LogP contribution is -2.30. The maximum atomic E-state index is 11.3. The van der Waals surface area contributed by atoms with Crippen molar-refractivity contribution >= 4 is 5.69 Å². The summed E-state index contributed by atoms with van der Waals surface area (Å²) < 4.78 is 1.11. The molecule has 0 aliphatic carbocycles. The third-order valence-corrected chi connectivity index (χ3v) is 2.00. The lowest BCUT2D eigenvalue weighted by molar-refractivity contribution is -0.386. The molecular formula is C9H11N3O4. The van der Waals surface area contributed by atoms with E-state index < -0.39 is 21.9 Å². The van der Waals surface area contributed by atoms with E-state index in [4.69, 9.17) is 0 Å². The van der Waals surface area contributed by atoms with Gasteiger partial charge < -0.3 is 0 Å². The van der Waals surface area contributed by atoms with E-state index in [0.29, 0.717) is 19.4 Å². The normalized spacial score (nSPS) is 10.0. The number of hydrogen-bond donors (Lipinski definition) is 1. The Balaban J connectivity index is 3.05. The van der Waals surface area contributed by atoms with Gasteiger partial charge in [-0.05, 0) is 12.8 Å². The molecule has 0 saturated heterocycles. The first-order chi connectivity index (χ1) is 7.56. The van der Waals surface area contributed by atoms with Crippen LogP contribution in [0, 0.1) is 10.1 Å². The second-order valence-corrected chi connectivity index (χ2v) is 3.16. The average molecular weight is 225 g/mol. The lowest BCUT2D eigenvalue weighted by atomic mass is 10.3. The van der Waals surface area contributed by atoms with Crippen LogP contribution in [0.25, 0.3) is 0 Å². The third kappa shape index (κ3) is 2.66. The number of aryl methyl sites for hydroxylation is 1. The largest absolute Gasteiger partial charge is 0.350 e. The van der Waals surface area contributed by atoms with Crippen LogP contribution < -0.4 is 11.2 Å². The highest BCUT2D eigenvalue weighted by Gasteiger charge is 2.14. The van der Waals surface area contributed by atoms with E-state index in [2.05, 4.69) is 6.58 Å². The van der Waals surface area contributed by atoms with E-state index in [1.54, 1.807) is 6.08 Å². The maximum Gasteiger partial charge on any atom is 0.350 e. The predicted molar refractivity (Wildman–Crippen MR) is 57.4 cm³/mol. The molecule has 0 fully saturated rings. The zero-order valence-electron chi connectivity index (χ0n) is 8.51. The van der Waals surface area contributed by atoms with E-state index in [1.807, 2.05) is 4.98 Å². The SMILES string of the molecule is C=CCCCn1cc([N+](=O)[O-])c(=O)[nH]c1=O. The summed E-state index contributed by atoms with van der Waals surface area (Å²) in [6.07, 6.45) is 3.97. The third-order valence-electron chi connectivity index (χ3n) is 2.00. The van der Waals surface area contributed by atoms with Crippen molar-refractivity contribution in [3.63, 3.8) is 0 Å². The second-order valence-electron chi connectivity index (χ2n) is 3.16. The summed E-state index contributed by atoms with van der Waals surface area (Å²) >= 11 is 0. The van der Waals surface area contributed by atoms with Gasteiger partial charge in [-0.3, -0.25) is 24.5 Å². The fraction of sp³-hybridized carbons (Fsp3) is 0.333. The molecule has 0 saturated carbocycles. The van der Waals surface area contributed by atoms with Crippen LogP contribution in [0.4, 0.5) is 5.69 Å². The Morgan fingerprint density at radius 3 is 2.81 bits per heavy atom. The van der Waals surface area contributed by atoms with Gasteiger partial charge in [-0.2, -0.15) is 0 Å². The molecule has 0 aliphatic heterocycles. The van der Waals surface area contributed by atoms with E-state index in [9.17, 15) is 19.7 Å². The lowest BCUT2D eigenvalue weighted by Gasteiger charge is -2.02. The number of nitrogens with one attached hydrogen (secondary N) is 1. The Morgan fingerprint density at radius 1 is 1.56 bits per heavy atom. The van der Waals surface area contributed by atoms with Gasteiger partial charge in [0.25, 0.3) is 0 Å². The van der Waals surface area contributed by atoms with Crippen LogP contribution in [-0.2, 0) is 6.54 Å². The Kier molecular flexibility index (Phi) is 3.76. The topological polar surface area (TPSA) is 98.0 Å². The Hall–Kier alpha value is -2.18. The number of aromatic amines is 1. The fourth-order valence-electron chi connectivity index (χ4n) is 1.20. The molecule has 0 aliphatic rings. The Labute approximate surface area is 90.2 Å². The number of allylic oxidation sites excluding steroid dienone is 1. The molecule has 1 N–H and O–H groups in total. The predicted octanol–water partition coefficient (Wildman–Crippen LogP) is 0.411. The molecule has 0 bridgehead atoms. The van der Waals surface area contributed by atoms with Crippen molar-refractivity contribution in [3.05, 3.63) is 49.8 Å². The van der Waals surface area contributed by atoms with Crippen molar-refractivity contribution in [1.29, 1.82) is 0 Å². The summed E-state index contributed by atoms with van der Waals surface area (Å²) in [6, 6.07) is 0. The van der Waals surface area contributed by atoms with Gasteiger partial charge in [0.05, 0.1) is 11.1 Å². The number of rotatable bonds is 5. The summed E-state index contributed by atoms with van der Waals surface area (Å²) in [7, 11) is 0. The van der Waals surface area contributed by atoms with Crippen molar-refractivity contribution in [1.82, 2.24) is 9.55 Å². The number of hydrogen-bond acceptors (Lipinski definition) is 4. The highest BCUT2D eigenvalue weighted by atomic mass is 16.6. The van der Waals surface area contributed by atoms with Crippen molar-refractivity contribution in [2.45, 2.75) is 19.4 Å². The summed E-state index contributed by atoms with van der Waals surface area (Å²) in [5.41, 5.74) is -2.24. The molecule has 7 nitrogen and oxygen atoms in total. The van der Waals surface area contributed by atoms with Gasteiger partial charge in [0.2, 0.25) is 0 Å². The minimum absolute atomic E-state index is 0.308. The molecule has 86 valence electrons. The van der Waals surface area contributed by atoms with Gasteiger partial charge in [-0.15, -0.1) is 6.58 Å². The van der Waals surface area contributed by atoms with Crippen LogP contribution in [0.1, 0.15) is 12.8 Å². The summed E-state index contributed by atoms with van der Waals surface area (Å²) in [4.78, 5) is 33.9. The number of unbranched alkanes of at least 4 members (excludes halogenated alkanes) is 1. The first kappa shape index (κ1) is 11.9. The van der Waals surface area contributed by atoms with Gasteiger partial charge in [0.15, 0.2) is 0 Å². The highest BCUT2D eigenvalue weighted by molar-refractivity contribution is 5.20. The molecule has 0 atom stereocenters. The molecule has 1 aromatic rings. The van der Waals surface area contributed by atoms with Crippen LogP contribution in [-0.4, -0.2) is 14.5 Å². The maximum absolute atomic E-state index is 11.3. The molecule has 1 aromatic heterocycles. The number of aromatic nitrogens is 2. The molecular weight excluding hydrogens is 214 g/mol. The van der Waals surface area contributed by atoms with Crippen LogP contribution in [0.2, 0.25) is 0 Å². The molecule has 0 aromatic carbocycles. The van der Waals surface area contributed by atoms with Gasteiger partial charge in [0.1, 0.15) is 0 Å². The summed E-state index contributed by atoms with van der Waals surface area (Å²) in [6.45, 7) is 3.83. The molecule has 1 rings (SSSR count). The monoisotopic (exact) mass is 225 g/mol. The van der Waals surface area contributed by atoms with E-state index >= 15 is 0 Å². The van der Waals surface area contributed by atoms with E-state index in [0.717, 1.165) is 10.8 Å². The first-order valence-electron chi connectivity index (χ1n) is 4.65. The zero-order valence-corrected chi connectivity index (χ0v) is 8.51. The van der Waals surface area contributed by atoms with Crippen LogP contribution in [0.3, 0.4) is 0 Å². The van der Waals surface area contributed by atoms with Crippen LogP contribution in [0.5, 0.6) is 0 Å². The van der Waals surface area contributed by atoms with Gasteiger partial charge >= 0.3 is 16.9 Å².